The first-order valence-electron chi connectivity index (χ1n) is 11.6. The maximum Gasteiger partial charge on any atom is 0.220 e. The Morgan fingerprint density at radius 3 is 2.43 bits per heavy atom. The van der Waals surface area contributed by atoms with Gasteiger partial charge in [0.1, 0.15) is 0 Å². The third-order valence-electron chi connectivity index (χ3n) is 6.44. The van der Waals surface area contributed by atoms with E-state index in [-0.39, 0.29) is 5.91 Å². The van der Waals surface area contributed by atoms with Crippen molar-refractivity contribution < 1.29 is 4.79 Å². The first-order valence-corrected chi connectivity index (χ1v) is 11.6. The van der Waals surface area contributed by atoms with Crippen LogP contribution in [0.5, 0.6) is 0 Å². The first-order chi connectivity index (χ1) is 14.7. The third-order valence-corrected chi connectivity index (χ3v) is 6.44. The molecule has 1 aliphatic carbocycles. The lowest BCUT2D eigenvalue weighted by Crippen LogP contribution is -2.35. The molecule has 3 aromatic rings. The van der Waals surface area contributed by atoms with Crippen molar-refractivity contribution in [1.82, 2.24) is 9.88 Å². The van der Waals surface area contributed by atoms with E-state index < -0.39 is 0 Å². The standard InChI is InChI=1S/C27H34N2O/c1-21-13-15-22(16-14-21)19-29-20-23(25-11-7-8-12-26(25)29)17-18-27(30)28-24-9-5-3-2-4-6-10-24/h7-8,11-16,20,24H,2-6,9-10,17-19H2,1H3,(H,28,30). The van der Waals surface area contributed by atoms with Crippen molar-refractivity contribution in [2.45, 2.75) is 77.3 Å². The van der Waals surface area contributed by atoms with Gasteiger partial charge in [0.2, 0.25) is 5.91 Å². The van der Waals surface area contributed by atoms with Gasteiger partial charge < -0.3 is 9.88 Å². The topological polar surface area (TPSA) is 34.0 Å². The summed E-state index contributed by atoms with van der Waals surface area (Å²) in [5.74, 6) is 0.205. The molecule has 0 bridgehead atoms. The van der Waals surface area contributed by atoms with Crippen LogP contribution in [0.1, 0.15) is 68.1 Å². The highest BCUT2D eigenvalue weighted by Gasteiger charge is 2.15. The average molecular weight is 403 g/mol. The number of nitrogens with one attached hydrogen (secondary N) is 1. The summed E-state index contributed by atoms with van der Waals surface area (Å²) < 4.78 is 2.32. The number of aryl methyl sites for hydroxylation is 2. The lowest BCUT2D eigenvalue weighted by atomic mass is 9.96. The number of hydrogen-bond donors (Lipinski definition) is 1. The molecule has 0 atom stereocenters. The molecule has 0 saturated heterocycles. The predicted octanol–water partition coefficient (Wildman–Crippen LogP) is 6.16. The Hall–Kier alpha value is -2.55. The Balaban J connectivity index is 1.42. The van der Waals surface area contributed by atoms with Gasteiger partial charge in [0.15, 0.2) is 0 Å². The van der Waals surface area contributed by atoms with Gasteiger partial charge in [-0.2, -0.15) is 0 Å². The molecule has 30 heavy (non-hydrogen) atoms. The average Bonchev–Trinajstić information content (AvgIpc) is 3.08. The van der Waals surface area contributed by atoms with Gasteiger partial charge in [-0.05, 0) is 43.4 Å². The SMILES string of the molecule is Cc1ccc(Cn2cc(CCC(=O)NC3CCCCCCC3)c3ccccc32)cc1. The molecule has 1 aromatic heterocycles. The number of aromatic nitrogens is 1. The molecule has 0 aliphatic heterocycles. The van der Waals surface area contributed by atoms with Gasteiger partial charge in [-0.3, -0.25) is 4.79 Å². The summed E-state index contributed by atoms with van der Waals surface area (Å²) in [6.07, 6.45) is 12.4. The lowest BCUT2D eigenvalue weighted by Gasteiger charge is -2.21. The van der Waals surface area contributed by atoms with E-state index in [4.69, 9.17) is 0 Å². The van der Waals surface area contributed by atoms with Crippen LogP contribution >= 0.6 is 0 Å². The predicted molar refractivity (Wildman–Crippen MR) is 125 cm³/mol. The summed E-state index contributed by atoms with van der Waals surface area (Å²) in [6.45, 7) is 2.98. The Labute approximate surface area is 180 Å². The molecule has 0 radical (unpaired) electrons. The summed E-state index contributed by atoms with van der Waals surface area (Å²) in [6, 6.07) is 17.7. The van der Waals surface area contributed by atoms with Crippen molar-refractivity contribution in [3.8, 4) is 0 Å². The van der Waals surface area contributed by atoms with E-state index in [2.05, 4.69) is 71.5 Å². The number of rotatable bonds is 6. The molecule has 3 heteroatoms. The lowest BCUT2D eigenvalue weighted by molar-refractivity contribution is -0.121. The molecule has 0 unspecified atom stereocenters. The second-order valence-electron chi connectivity index (χ2n) is 8.89. The Bertz CT molecular complexity index is 962. The molecule has 1 fully saturated rings. The summed E-state index contributed by atoms with van der Waals surface area (Å²) >= 11 is 0. The van der Waals surface area contributed by atoms with Crippen LogP contribution < -0.4 is 5.32 Å². The minimum atomic E-state index is 0.205. The molecule has 1 saturated carbocycles. The number of nitrogens with zero attached hydrogens (tertiary/aromatic N) is 1. The largest absolute Gasteiger partial charge is 0.353 e. The molecule has 1 aliphatic rings. The maximum atomic E-state index is 12.6. The zero-order chi connectivity index (χ0) is 20.8. The molecule has 1 N–H and O–H groups in total. The zero-order valence-corrected chi connectivity index (χ0v) is 18.2. The van der Waals surface area contributed by atoms with Crippen molar-refractivity contribution in [2.75, 3.05) is 0 Å². The van der Waals surface area contributed by atoms with Crippen LogP contribution in [0.25, 0.3) is 10.9 Å². The fraction of sp³-hybridized carbons (Fsp3) is 0.444. The van der Waals surface area contributed by atoms with Crippen LogP contribution in [0.2, 0.25) is 0 Å². The van der Waals surface area contributed by atoms with Crippen LogP contribution in [0.3, 0.4) is 0 Å². The summed E-state index contributed by atoms with van der Waals surface area (Å²) in [5, 5.41) is 4.58. The van der Waals surface area contributed by atoms with Crippen molar-refractivity contribution in [3.63, 3.8) is 0 Å². The monoisotopic (exact) mass is 402 g/mol. The highest BCUT2D eigenvalue weighted by atomic mass is 16.1. The van der Waals surface area contributed by atoms with Gasteiger partial charge in [-0.1, -0.05) is 80.1 Å². The van der Waals surface area contributed by atoms with E-state index in [0.29, 0.717) is 12.5 Å². The molecular weight excluding hydrogens is 368 g/mol. The quantitative estimate of drug-likeness (QED) is 0.526. The van der Waals surface area contributed by atoms with E-state index >= 15 is 0 Å². The van der Waals surface area contributed by atoms with Crippen LogP contribution in [0.4, 0.5) is 0 Å². The van der Waals surface area contributed by atoms with Gasteiger partial charge in [-0.25, -0.2) is 0 Å². The molecule has 0 spiro atoms. The van der Waals surface area contributed by atoms with E-state index in [0.717, 1.165) is 25.8 Å². The second-order valence-corrected chi connectivity index (χ2v) is 8.89. The highest BCUT2D eigenvalue weighted by molar-refractivity contribution is 5.85. The fourth-order valence-corrected chi connectivity index (χ4v) is 4.69. The van der Waals surface area contributed by atoms with Crippen molar-refractivity contribution in [2.24, 2.45) is 0 Å². The Morgan fingerprint density at radius 2 is 1.67 bits per heavy atom. The van der Waals surface area contributed by atoms with Crippen LogP contribution in [0.15, 0.2) is 54.7 Å². The van der Waals surface area contributed by atoms with Crippen LogP contribution in [-0.2, 0) is 17.8 Å². The molecule has 158 valence electrons. The number of hydrogen-bond acceptors (Lipinski definition) is 1. The number of amides is 1. The zero-order valence-electron chi connectivity index (χ0n) is 18.2. The Kier molecular flexibility index (Phi) is 6.88. The van der Waals surface area contributed by atoms with E-state index in [1.54, 1.807) is 0 Å². The number of fused-ring (bicyclic) bond motifs is 1. The number of para-hydroxylation sites is 1. The maximum absolute atomic E-state index is 12.6. The second kappa shape index (κ2) is 9.97. The smallest absolute Gasteiger partial charge is 0.220 e. The normalized spacial score (nSPS) is 15.6. The third kappa shape index (κ3) is 5.33. The molecule has 1 heterocycles. The Morgan fingerprint density at radius 1 is 0.967 bits per heavy atom. The minimum absolute atomic E-state index is 0.205. The molecule has 4 rings (SSSR count). The molecule has 2 aromatic carbocycles. The van der Waals surface area contributed by atoms with E-state index in [1.165, 1.54) is 59.7 Å². The van der Waals surface area contributed by atoms with E-state index in [9.17, 15) is 4.79 Å². The fourth-order valence-electron chi connectivity index (χ4n) is 4.69. The van der Waals surface area contributed by atoms with Crippen LogP contribution in [-0.4, -0.2) is 16.5 Å². The van der Waals surface area contributed by atoms with E-state index in [1.807, 2.05) is 0 Å². The number of carbonyl (C=O) groups is 1. The van der Waals surface area contributed by atoms with Gasteiger partial charge in [0.25, 0.3) is 0 Å². The molecule has 1 amide bonds. The number of benzene rings is 2. The summed E-state index contributed by atoms with van der Waals surface area (Å²) in [5.41, 5.74) is 5.10. The highest BCUT2D eigenvalue weighted by Crippen LogP contribution is 2.24. The molecular formula is C27H34N2O. The molecule has 3 nitrogen and oxygen atoms in total. The first kappa shape index (κ1) is 20.7. The summed E-state index contributed by atoms with van der Waals surface area (Å²) in [4.78, 5) is 12.6. The van der Waals surface area contributed by atoms with Gasteiger partial charge in [-0.15, -0.1) is 0 Å². The van der Waals surface area contributed by atoms with Gasteiger partial charge >= 0.3 is 0 Å². The minimum Gasteiger partial charge on any atom is -0.353 e. The van der Waals surface area contributed by atoms with Crippen molar-refractivity contribution in [1.29, 1.82) is 0 Å². The van der Waals surface area contributed by atoms with Crippen molar-refractivity contribution >= 4 is 16.8 Å². The van der Waals surface area contributed by atoms with Crippen LogP contribution in [0, 0.1) is 6.92 Å². The summed E-state index contributed by atoms with van der Waals surface area (Å²) in [7, 11) is 0. The van der Waals surface area contributed by atoms with Gasteiger partial charge in [0, 0.05) is 36.1 Å². The van der Waals surface area contributed by atoms with Gasteiger partial charge in [0.05, 0.1) is 0 Å². The van der Waals surface area contributed by atoms with Crippen molar-refractivity contribution in [3.05, 3.63) is 71.4 Å². The number of carbonyl (C=O) groups excluding carboxylic acids is 1.